The molecule has 0 heterocycles. The first-order chi connectivity index (χ1) is 14.0. The van der Waals surface area contributed by atoms with Gasteiger partial charge in [0.1, 0.15) is 23.4 Å². The summed E-state index contributed by atoms with van der Waals surface area (Å²) in [5.41, 5.74) is 7.14. The molecule has 6 heteroatoms. The average Bonchev–Trinajstić information content (AvgIpc) is 2.71. The molecule has 0 aliphatic carbocycles. The van der Waals surface area contributed by atoms with Crippen LogP contribution in [0.3, 0.4) is 0 Å². The van der Waals surface area contributed by atoms with Crippen molar-refractivity contribution in [1.82, 2.24) is 5.32 Å². The van der Waals surface area contributed by atoms with E-state index in [9.17, 15) is 14.0 Å². The lowest BCUT2D eigenvalue weighted by Crippen LogP contribution is -2.46. The van der Waals surface area contributed by atoms with Crippen molar-refractivity contribution >= 4 is 11.8 Å². The van der Waals surface area contributed by atoms with Crippen LogP contribution in [0.1, 0.15) is 11.1 Å². The van der Waals surface area contributed by atoms with Gasteiger partial charge in [0.2, 0.25) is 11.8 Å². The van der Waals surface area contributed by atoms with Crippen molar-refractivity contribution in [3.05, 3.63) is 95.8 Å². The highest BCUT2D eigenvalue weighted by Gasteiger charge is 2.18. The Morgan fingerprint density at radius 2 is 1.45 bits per heavy atom. The third-order valence-corrected chi connectivity index (χ3v) is 4.30. The molecule has 3 rings (SSSR count). The lowest BCUT2D eigenvalue weighted by molar-refractivity contribution is -0.127. The Morgan fingerprint density at radius 1 is 0.862 bits per heavy atom. The van der Waals surface area contributed by atoms with Crippen molar-refractivity contribution in [2.24, 2.45) is 5.73 Å². The van der Waals surface area contributed by atoms with Crippen LogP contribution in [-0.2, 0) is 22.4 Å². The minimum absolute atomic E-state index is 0.176. The van der Waals surface area contributed by atoms with Gasteiger partial charge in [-0.2, -0.15) is 0 Å². The van der Waals surface area contributed by atoms with Gasteiger partial charge in [-0.1, -0.05) is 42.5 Å². The molecule has 148 valence electrons. The molecule has 0 fully saturated rings. The molecule has 3 aromatic carbocycles. The Bertz CT molecular complexity index is 958. The van der Waals surface area contributed by atoms with Crippen LogP contribution in [0, 0.1) is 5.82 Å². The summed E-state index contributed by atoms with van der Waals surface area (Å²) in [4.78, 5) is 24.0. The molecular weight excluding hydrogens is 371 g/mol. The van der Waals surface area contributed by atoms with Gasteiger partial charge in [-0.3, -0.25) is 9.59 Å². The van der Waals surface area contributed by atoms with E-state index in [2.05, 4.69) is 5.32 Å². The van der Waals surface area contributed by atoms with E-state index in [0.717, 1.165) is 11.1 Å². The minimum Gasteiger partial charge on any atom is -0.457 e. The first kappa shape index (κ1) is 20.1. The van der Waals surface area contributed by atoms with Gasteiger partial charge in [-0.05, 0) is 47.5 Å². The molecule has 0 saturated heterocycles. The monoisotopic (exact) mass is 392 g/mol. The lowest BCUT2D eigenvalue weighted by Gasteiger charge is -2.16. The zero-order valence-electron chi connectivity index (χ0n) is 15.7. The van der Waals surface area contributed by atoms with Crippen LogP contribution >= 0.6 is 0 Å². The normalized spacial score (nSPS) is 11.5. The van der Waals surface area contributed by atoms with Crippen LogP contribution < -0.4 is 15.8 Å². The molecule has 1 atom stereocenters. The molecule has 0 aliphatic heterocycles. The van der Waals surface area contributed by atoms with E-state index in [1.54, 1.807) is 24.3 Å². The maximum atomic E-state index is 13.0. The van der Waals surface area contributed by atoms with E-state index in [-0.39, 0.29) is 24.6 Å². The highest BCUT2D eigenvalue weighted by Crippen LogP contribution is 2.22. The fourth-order valence-corrected chi connectivity index (χ4v) is 2.82. The van der Waals surface area contributed by atoms with Crippen molar-refractivity contribution in [2.45, 2.75) is 18.9 Å². The molecule has 0 aliphatic rings. The summed E-state index contributed by atoms with van der Waals surface area (Å²) in [6.07, 6.45) is 0.446. The Labute approximate surface area is 168 Å². The number of carbonyl (C=O) groups excluding carboxylic acids is 2. The van der Waals surface area contributed by atoms with Crippen LogP contribution in [0.25, 0.3) is 0 Å². The first-order valence-corrected chi connectivity index (χ1v) is 9.14. The van der Waals surface area contributed by atoms with Crippen molar-refractivity contribution < 1.29 is 18.7 Å². The quantitative estimate of drug-likeness (QED) is 0.617. The molecule has 0 spiro atoms. The van der Waals surface area contributed by atoms with Crippen LogP contribution in [-0.4, -0.2) is 17.9 Å². The van der Waals surface area contributed by atoms with Gasteiger partial charge in [-0.25, -0.2) is 4.39 Å². The number of hydrogen-bond acceptors (Lipinski definition) is 3. The van der Waals surface area contributed by atoms with E-state index >= 15 is 0 Å². The highest BCUT2D eigenvalue weighted by atomic mass is 19.1. The van der Waals surface area contributed by atoms with E-state index in [0.29, 0.717) is 11.5 Å². The van der Waals surface area contributed by atoms with Gasteiger partial charge < -0.3 is 15.8 Å². The smallest absolute Gasteiger partial charge is 0.240 e. The van der Waals surface area contributed by atoms with Gasteiger partial charge >= 0.3 is 0 Å². The van der Waals surface area contributed by atoms with Crippen LogP contribution in [0.5, 0.6) is 11.5 Å². The third kappa shape index (κ3) is 6.17. The molecule has 0 saturated carbocycles. The maximum Gasteiger partial charge on any atom is 0.240 e. The number of rotatable bonds is 8. The van der Waals surface area contributed by atoms with Crippen LogP contribution in [0.4, 0.5) is 4.39 Å². The molecule has 5 nitrogen and oxygen atoms in total. The molecule has 29 heavy (non-hydrogen) atoms. The standard InChI is InChI=1S/C23H21FN2O3/c24-18-8-12-20(13-9-18)29-19-10-6-17(7-11-19)14-21(23(25)28)26-22(27)15-16-4-2-1-3-5-16/h1-13,21H,14-15H2,(H2,25,28)(H,26,27). The van der Waals surface area contributed by atoms with Gasteiger partial charge in [0.15, 0.2) is 0 Å². The maximum absolute atomic E-state index is 13.0. The van der Waals surface area contributed by atoms with E-state index in [1.165, 1.54) is 24.3 Å². The first-order valence-electron chi connectivity index (χ1n) is 9.14. The zero-order valence-corrected chi connectivity index (χ0v) is 15.7. The van der Waals surface area contributed by atoms with E-state index < -0.39 is 11.9 Å². The van der Waals surface area contributed by atoms with Gasteiger partial charge in [-0.15, -0.1) is 0 Å². The van der Waals surface area contributed by atoms with Crippen molar-refractivity contribution in [2.75, 3.05) is 0 Å². The number of primary amides is 1. The summed E-state index contributed by atoms with van der Waals surface area (Å²) >= 11 is 0. The second-order valence-corrected chi connectivity index (χ2v) is 6.59. The average molecular weight is 392 g/mol. The Morgan fingerprint density at radius 3 is 2.03 bits per heavy atom. The molecule has 3 aromatic rings. The Hall–Kier alpha value is -3.67. The number of carbonyl (C=O) groups is 2. The summed E-state index contributed by atoms with van der Waals surface area (Å²) in [6.45, 7) is 0. The van der Waals surface area contributed by atoms with Crippen molar-refractivity contribution in [3.8, 4) is 11.5 Å². The predicted octanol–water partition coefficient (Wildman–Crippen LogP) is 3.37. The summed E-state index contributed by atoms with van der Waals surface area (Å²) in [6, 6.07) is 21.2. The molecule has 2 amide bonds. The number of ether oxygens (including phenoxy) is 1. The van der Waals surface area contributed by atoms with Gasteiger partial charge in [0.25, 0.3) is 0 Å². The summed E-state index contributed by atoms with van der Waals surface area (Å²) in [7, 11) is 0. The highest BCUT2D eigenvalue weighted by molar-refractivity contribution is 5.87. The van der Waals surface area contributed by atoms with Crippen molar-refractivity contribution in [1.29, 1.82) is 0 Å². The Kier molecular flexibility index (Phi) is 6.58. The van der Waals surface area contributed by atoms with E-state index in [1.807, 2.05) is 30.3 Å². The second kappa shape index (κ2) is 9.50. The second-order valence-electron chi connectivity index (χ2n) is 6.59. The number of amides is 2. The fraction of sp³-hybridized carbons (Fsp3) is 0.130. The summed E-state index contributed by atoms with van der Waals surface area (Å²) in [5.74, 6) is -0.111. The Balaban J connectivity index is 1.59. The minimum atomic E-state index is -0.810. The van der Waals surface area contributed by atoms with E-state index in [4.69, 9.17) is 10.5 Å². The molecular formula is C23H21FN2O3. The topological polar surface area (TPSA) is 81.4 Å². The largest absolute Gasteiger partial charge is 0.457 e. The third-order valence-electron chi connectivity index (χ3n) is 4.30. The molecule has 3 N–H and O–H groups in total. The van der Waals surface area contributed by atoms with Gasteiger partial charge in [0, 0.05) is 6.42 Å². The predicted molar refractivity (Wildman–Crippen MR) is 108 cm³/mol. The fourth-order valence-electron chi connectivity index (χ4n) is 2.82. The van der Waals surface area contributed by atoms with Crippen molar-refractivity contribution in [3.63, 3.8) is 0 Å². The zero-order chi connectivity index (χ0) is 20.6. The molecule has 0 aromatic heterocycles. The summed E-state index contributed by atoms with van der Waals surface area (Å²) < 4.78 is 18.6. The summed E-state index contributed by atoms with van der Waals surface area (Å²) in [5, 5.41) is 2.69. The molecule has 1 unspecified atom stereocenters. The SMILES string of the molecule is NC(=O)C(Cc1ccc(Oc2ccc(F)cc2)cc1)NC(=O)Cc1ccccc1. The van der Waals surface area contributed by atoms with Gasteiger partial charge in [0.05, 0.1) is 6.42 Å². The number of nitrogens with two attached hydrogens (primary N) is 1. The van der Waals surface area contributed by atoms with Crippen LogP contribution in [0.2, 0.25) is 0 Å². The lowest BCUT2D eigenvalue weighted by atomic mass is 10.0. The number of nitrogens with one attached hydrogen (secondary N) is 1. The molecule has 0 radical (unpaired) electrons. The molecule has 0 bridgehead atoms. The van der Waals surface area contributed by atoms with Crippen LogP contribution in [0.15, 0.2) is 78.9 Å². The number of halogens is 1. The number of benzene rings is 3. The number of hydrogen-bond donors (Lipinski definition) is 2.